The predicted molar refractivity (Wildman–Crippen MR) is 59.6 cm³/mol. The van der Waals surface area contributed by atoms with Gasteiger partial charge in [0.2, 0.25) is 5.85 Å². The molecule has 84 valence electrons. The maximum absolute atomic E-state index is 14.1. The van der Waals surface area contributed by atoms with Crippen LogP contribution in [-0.4, -0.2) is 27.3 Å². The molecule has 0 aromatic heterocycles. The zero-order valence-corrected chi connectivity index (χ0v) is 10.9. The third kappa shape index (κ3) is 2.55. The molecule has 1 unspecified atom stereocenters. The molecular weight excluding hydrogens is 197 g/mol. The molecule has 4 heteroatoms. The van der Waals surface area contributed by atoms with Gasteiger partial charge in [0.15, 0.2) is 8.32 Å². The van der Waals surface area contributed by atoms with Crippen molar-refractivity contribution in [1.82, 2.24) is 5.32 Å². The summed E-state index contributed by atoms with van der Waals surface area (Å²) < 4.78 is 19.8. The monoisotopic (exact) mass is 219 g/mol. The van der Waals surface area contributed by atoms with E-state index >= 15 is 0 Å². The topological polar surface area (TPSA) is 21.3 Å². The highest BCUT2D eigenvalue weighted by atomic mass is 28.4. The molecule has 0 aromatic rings. The molecule has 1 N–H and O–H groups in total. The number of alkyl halides is 1. The van der Waals surface area contributed by atoms with Crippen LogP contribution in [0.2, 0.25) is 18.1 Å². The van der Waals surface area contributed by atoms with Crippen LogP contribution in [0.4, 0.5) is 4.39 Å². The highest BCUT2D eigenvalue weighted by Gasteiger charge is 2.46. The lowest BCUT2D eigenvalue weighted by Crippen LogP contribution is -2.48. The summed E-state index contributed by atoms with van der Waals surface area (Å²) in [5.74, 6) is -1.41. The van der Waals surface area contributed by atoms with Crippen LogP contribution in [-0.2, 0) is 4.43 Å². The van der Waals surface area contributed by atoms with Crippen molar-refractivity contribution in [1.29, 1.82) is 0 Å². The molecule has 1 heterocycles. The van der Waals surface area contributed by atoms with Crippen LogP contribution in [0.25, 0.3) is 0 Å². The van der Waals surface area contributed by atoms with Crippen molar-refractivity contribution < 1.29 is 8.82 Å². The standard InChI is InChI=1S/C10H22FNOSi/c1-9(2,3)14(4,5)13-10(11)6-7-12-8-10/h12H,6-8H2,1-5H3. The van der Waals surface area contributed by atoms with Crippen LogP contribution in [0.5, 0.6) is 0 Å². The van der Waals surface area contributed by atoms with E-state index < -0.39 is 14.2 Å². The molecule has 1 aliphatic heterocycles. The van der Waals surface area contributed by atoms with E-state index in [2.05, 4.69) is 39.2 Å². The van der Waals surface area contributed by atoms with Gasteiger partial charge in [-0.3, -0.25) is 0 Å². The van der Waals surface area contributed by atoms with Crippen molar-refractivity contribution in [3.8, 4) is 0 Å². The summed E-state index contributed by atoms with van der Waals surface area (Å²) in [6.45, 7) is 11.6. The Labute approximate surface area is 87.4 Å². The van der Waals surface area contributed by atoms with Gasteiger partial charge < -0.3 is 9.74 Å². The second-order valence-electron chi connectivity index (χ2n) is 5.67. The highest BCUT2D eigenvalue weighted by molar-refractivity contribution is 6.74. The SMILES string of the molecule is CC(C)(C)[Si](C)(C)OC1(F)CCNC1. The molecule has 0 amide bonds. The molecule has 2 nitrogen and oxygen atoms in total. The first-order valence-electron chi connectivity index (χ1n) is 5.26. The van der Waals surface area contributed by atoms with Crippen LogP contribution in [0.1, 0.15) is 27.2 Å². The molecule has 1 atom stereocenters. The third-order valence-corrected chi connectivity index (χ3v) is 7.80. The zero-order valence-electron chi connectivity index (χ0n) is 9.91. The quantitative estimate of drug-likeness (QED) is 0.721. The fraction of sp³-hybridized carbons (Fsp3) is 1.00. The van der Waals surface area contributed by atoms with E-state index in [1.165, 1.54) is 0 Å². The minimum absolute atomic E-state index is 0.0781. The average molecular weight is 219 g/mol. The minimum atomic E-state index is -1.96. The fourth-order valence-corrected chi connectivity index (χ4v) is 2.73. The van der Waals surface area contributed by atoms with Crippen LogP contribution in [0, 0.1) is 0 Å². The number of hydrogen-bond donors (Lipinski definition) is 1. The Morgan fingerprint density at radius 3 is 2.29 bits per heavy atom. The average Bonchev–Trinajstić information content (AvgIpc) is 2.31. The van der Waals surface area contributed by atoms with Gasteiger partial charge in [-0.1, -0.05) is 20.8 Å². The van der Waals surface area contributed by atoms with Gasteiger partial charge >= 0.3 is 0 Å². The first kappa shape index (κ1) is 12.1. The van der Waals surface area contributed by atoms with Crippen molar-refractivity contribution >= 4 is 8.32 Å². The lowest BCUT2D eigenvalue weighted by atomic mass is 10.2. The molecule has 1 fully saturated rings. The number of halogens is 1. The Hall–Kier alpha value is 0.0669. The van der Waals surface area contributed by atoms with Crippen molar-refractivity contribution in [3.63, 3.8) is 0 Å². The van der Waals surface area contributed by atoms with Gasteiger partial charge in [-0.25, -0.2) is 4.39 Å². The Kier molecular flexibility index (Phi) is 3.10. The maximum Gasteiger partial charge on any atom is 0.214 e. The van der Waals surface area contributed by atoms with Gasteiger partial charge in [-0.05, 0) is 18.1 Å². The molecule has 14 heavy (non-hydrogen) atoms. The molecule has 0 saturated carbocycles. The Morgan fingerprint density at radius 2 is 1.93 bits per heavy atom. The van der Waals surface area contributed by atoms with E-state index in [1.807, 2.05) is 0 Å². The molecule has 0 spiro atoms. The van der Waals surface area contributed by atoms with E-state index in [1.54, 1.807) is 0 Å². The van der Waals surface area contributed by atoms with Crippen molar-refractivity contribution in [3.05, 3.63) is 0 Å². The summed E-state index contributed by atoms with van der Waals surface area (Å²) in [5, 5.41) is 3.09. The first-order chi connectivity index (χ1) is 6.16. The summed E-state index contributed by atoms with van der Waals surface area (Å²) in [7, 11) is -1.96. The van der Waals surface area contributed by atoms with E-state index in [-0.39, 0.29) is 5.04 Å². The summed E-state index contributed by atoms with van der Waals surface area (Å²) in [6, 6.07) is 0. The highest BCUT2D eigenvalue weighted by Crippen LogP contribution is 2.40. The second kappa shape index (κ2) is 3.58. The zero-order chi connectivity index (χ0) is 11.0. The molecule has 0 aliphatic carbocycles. The van der Waals surface area contributed by atoms with E-state index in [0.717, 1.165) is 6.54 Å². The third-order valence-electron chi connectivity index (χ3n) is 3.31. The summed E-state index contributed by atoms with van der Waals surface area (Å²) >= 11 is 0. The predicted octanol–water partition coefficient (Wildman–Crippen LogP) is 2.67. The normalized spacial score (nSPS) is 29.6. The molecule has 1 aliphatic rings. The summed E-state index contributed by atoms with van der Waals surface area (Å²) in [6.07, 6.45) is 0.486. The molecular formula is C10H22FNOSi. The number of rotatable bonds is 2. The number of hydrogen-bond acceptors (Lipinski definition) is 2. The second-order valence-corrected chi connectivity index (χ2v) is 10.4. The van der Waals surface area contributed by atoms with Gasteiger partial charge in [-0.15, -0.1) is 0 Å². The van der Waals surface area contributed by atoms with Crippen LogP contribution in [0.3, 0.4) is 0 Å². The van der Waals surface area contributed by atoms with Gasteiger partial charge in [0, 0.05) is 13.0 Å². The summed E-state index contributed by atoms with van der Waals surface area (Å²) in [5.41, 5.74) is 0. The van der Waals surface area contributed by atoms with Gasteiger partial charge in [0.1, 0.15) is 0 Å². The summed E-state index contributed by atoms with van der Waals surface area (Å²) in [4.78, 5) is 0. The Bertz CT molecular complexity index is 207. The van der Waals surface area contributed by atoms with Gasteiger partial charge in [-0.2, -0.15) is 0 Å². The van der Waals surface area contributed by atoms with Crippen LogP contribution >= 0.6 is 0 Å². The van der Waals surface area contributed by atoms with Crippen molar-refractivity contribution in [2.24, 2.45) is 0 Å². The number of nitrogens with one attached hydrogen (secondary N) is 1. The molecule has 0 radical (unpaired) electrons. The lowest BCUT2D eigenvalue weighted by Gasteiger charge is -2.40. The molecule has 1 saturated heterocycles. The van der Waals surface area contributed by atoms with Crippen LogP contribution < -0.4 is 5.32 Å². The first-order valence-corrected chi connectivity index (χ1v) is 8.17. The smallest absolute Gasteiger partial charge is 0.214 e. The lowest BCUT2D eigenvalue weighted by molar-refractivity contribution is -0.0543. The Morgan fingerprint density at radius 1 is 1.36 bits per heavy atom. The Balaban J connectivity index is 2.67. The van der Waals surface area contributed by atoms with Crippen molar-refractivity contribution in [2.75, 3.05) is 13.1 Å². The maximum atomic E-state index is 14.1. The van der Waals surface area contributed by atoms with E-state index in [4.69, 9.17) is 4.43 Å². The fourth-order valence-electron chi connectivity index (χ4n) is 1.34. The van der Waals surface area contributed by atoms with Gasteiger partial charge in [0.05, 0.1) is 6.54 Å². The minimum Gasteiger partial charge on any atom is -0.385 e. The van der Waals surface area contributed by atoms with Crippen LogP contribution in [0.15, 0.2) is 0 Å². The molecule has 1 rings (SSSR count). The molecule has 0 bridgehead atoms. The van der Waals surface area contributed by atoms with Crippen molar-refractivity contribution in [2.45, 2.75) is 51.2 Å². The van der Waals surface area contributed by atoms with Gasteiger partial charge in [0.25, 0.3) is 0 Å². The molecule has 0 aromatic carbocycles. The van der Waals surface area contributed by atoms with E-state index in [0.29, 0.717) is 13.0 Å². The largest absolute Gasteiger partial charge is 0.385 e. The van der Waals surface area contributed by atoms with E-state index in [9.17, 15) is 4.39 Å².